The first-order valence-corrected chi connectivity index (χ1v) is 10.7. The van der Waals surface area contributed by atoms with Crippen molar-refractivity contribution in [2.24, 2.45) is 4.99 Å². The Balaban J connectivity index is 1.31. The van der Waals surface area contributed by atoms with Gasteiger partial charge in [0.2, 0.25) is 0 Å². The smallest absolute Gasteiger partial charge is 0.193 e. The van der Waals surface area contributed by atoms with Crippen molar-refractivity contribution in [3.63, 3.8) is 0 Å². The van der Waals surface area contributed by atoms with Gasteiger partial charge in [-0.3, -0.25) is 9.89 Å². The Hall–Kier alpha value is -2.01. The monoisotopic (exact) mass is 367 g/mol. The highest BCUT2D eigenvalue weighted by Crippen LogP contribution is 2.21. The number of likely N-dealkylation sites (tertiary alicyclic amines) is 2. The van der Waals surface area contributed by atoms with Crippen LogP contribution in [0.2, 0.25) is 0 Å². The molecule has 0 spiro atoms. The SMILES string of the molecule is CCNC(=NCCCc1c[nH]c2ccccc12)N1CCC(N2CCCC2)C1. The molecule has 2 fully saturated rings. The van der Waals surface area contributed by atoms with Crippen molar-refractivity contribution < 1.29 is 0 Å². The first kappa shape index (κ1) is 18.4. The van der Waals surface area contributed by atoms with Crippen LogP contribution in [0.15, 0.2) is 35.5 Å². The average molecular weight is 368 g/mol. The van der Waals surface area contributed by atoms with E-state index < -0.39 is 0 Å². The number of fused-ring (bicyclic) bond motifs is 1. The minimum atomic E-state index is 0.725. The standard InChI is InChI=1S/C22H33N5/c1-2-23-22(27-15-11-19(17-27)26-13-5-6-14-26)24-12-7-8-18-16-25-21-10-4-3-9-20(18)21/h3-4,9-10,16,19,25H,2,5-8,11-15,17H2,1H3,(H,23,24). The van der Waals surface area contributed by atoms with Crippen LogP contribution in [-0.2, 0) is 6.42 Å². The molecule has 0 radical (unpaired) electrons. The second-order valence-electron chi connectivity index (χ2n) is 7.83. The predicted molar refractivity (Wildman–Crippen MR) is 113 cm³/mol. The number of guanidine groups is 1. The molecular formula is C22H33N5. The number of benzene rings is 1. The lowest BCUT2D eigenvalue weighted by atomic mass is 10.1. The summed E-state index contributed by atoms with van der Waals surface area (Å²) in [4.78, 5) is 13.5. The maximum atomic E-state index is 4.94. The number of hydrogen-bond donors (Lipinski definition) is 2. The van der Waals surface area contributed by atoms with Gasteiger partial charge in [0.25, 0.3) is 0 Å². The largest absolute Gasteiger partial charge is 0.361 e. The van der Waals surface area contributed by atoms with E-state index in [1.807, 2.05) is 0 Å². The van der Waals surface area contributed by atoms with Crippen LogP contribution in [0.3, 0.4) is 0 Å². The van der Waals surface area contributed by atoms with Gasteiger partial charge in [-0.05, 0) is 63.7 Å². The highest BCUT2D eigenvalue weighted by molar-refractivity contribution is 5.83. The zero-order valence-corrected chi connectivity index (χ0v) is 16.6. The summed E-state index contributed by atoms with van der Waals surface area (Å²) in [5.74, 6) is 1.11. The topological polar surface area (TPSA) is 46.7 Å². The van der Waals surface area contributed by atoms with E-state index in [-0.39, 0.29) is 0 Å². The van der Waals surface area contributed by atoms with Gasteiger partial charge in [-0.1, -0.05) is 18.2 Å². The molecule has 5 heteroatoms. The first-order valence-electron chi connectivity index (χ1n) is 10.7. The first-order chi connectivity index (χ1) is 13.3. The molecule has 0 saturated carbocycles. The minimum absolute atomic E-state index is 0.725. The molecule has 4 rings (SSSR count). The third kappa shape index (κ3) is 4.29. The van der Waals surface area contributed by atoms with Gasteiger partial charge in [0, 0.05) is 49.3 Å². The van der Waals surface area contributed by atoms with Gasteiger partial charge in [0.1, 0.15) is 0 Å². The van der Waals surface area contributed by atoms with Crippen molar-refractivity contribution in [1.29, 1.82) is 0 Å². The summed E-state index contributed by atoms with van der Waals surface area (Å²) in [7, 11) is 0. The van der Waals surface area contributed by atoms with E-state index in [2.05, 4.69) is 57.5 Å². The van der Waals surface area contributed by atoms with Crippen molar-refractivity contribution in [1.82, 2.24) is 20.1 Å². The fraction of sp³-hybridized carbons (Fsp3) is 0.591. The van der Waals surface area contributed by atoms with E-state index in [1.54, 1.807) is 0 Å². The predicted octanol–water partition coefficient (Wildman–Crippen LogP) is 3.24. The number of rotatable bonds is 6. The Morgan fingerprint density at radius 2 is 2.07 bits per heavy atom. The Kier molecular flexibility index (Phi) is 5.97. The molecule has 1 unspecified atom stereocenters. The van der Waals surface area contributed by atoms with Gasteiger partial charge in [-0.25, -0.2) is 0 Å². The molecule has 1 aromatic carbocycles. The van der Waals surface area contributed by atoms with Crippen molar-refractivity contribution in [2.75, 3.05) is 39.3 Å². The molecule has 0 amide bonds. The quantitative estimate of drug-likeness (QED) is 0.468. The molecule has 5 nitrogen and oxygen atoms in total. The summed E-state index contributed by atoms with van der Waals surface area (Å²) >= 11 is 0. The zero-order valence-electron chi connectivity index (χ0n) is 16.6. The maximum Gasteiger partial charge on any atom is 0.193 e. The van der Waals surface area contributed by atoms with E-state index in [9.17, 15) is 0 Å². The number of H-pyrrole nitrogens is 1. The number of para-hydroxylation sites is 1. The molecule has 2 aromatic rings. The molecule has 0 aliphatic carbocycles. The average Bonchev–Trinajstić information content (AvgIpc) is 3.45. The number of aryl methyl sites for hydroxylation is 1. The fourth-order valence-electron chi connectivity index (χ4n) is 4.56. The fourth-order valence-corrected chi connectivity index (χ4v) is 4.56. The number of hydrogen-bond acceptors (Lipinski definition) is 2. The van der Waals surface area contributed by atoms with Crippen molar-refractivity contribution >= 4 is 16.9 Å². The van der Waals surface area contributed by atoms with Crippen molar-refractivity contribution in [3.05, 3.63) is 36.0 Å². The molecule has 0 bridgehead atoms. The van der Waals surface area contributed by atoms with E-state index in [4.69, 9.17) is 4.99 Å². The number of nitrogens with one attached hydrogen (secondary N) is 2. The zero-order chi connectivity index (χ0) is 18.5. The Labute approximate surface area is 162 Å². The number of aliphatic imine (C=N–C) groups is 1. The number of aromatic nitrogens is 1. The second kappa shape index (κ2) is 8.79. The molecule has 27 heavy (non-hydrogen) atoms. The van der Waals surface area contributed by atoms with Gasteiger partial charge in [-0.2, -0.15) is 0 Å². The Bertz CT molecular complexity index is 759. The lowest BCUT2D eigenvalue weighted by Gasteiger charge is -2.25. The van der Waals surface area contributed by atoms with E-state index in [0.717, 1.165) is 51.0 Å². The van der Waals surface area contributed by atoms with Gasteiger partial charge < -0.3 is 15.2 Å². The number of nitrogens with zero attached hydrogens (tertiary/aromatic N) is 3. The molecule has 1 atom stereocenters. The molecule has 2 aliphatic rings. The van der Waals surface area contributed by atoms with Gasteiger partial charge in [0.15, 0.2) is 5.96 Å². The lowest BCUT2D eigenvalue weighted by Crippen LogP contribution is -2.42. The number of aromatic amines is 1. The third-order valence-corrected chi connectivity index (χ3v) is 6.00. The Morgan fingerprint density at radius 3 is 2.93 bits per heavy atom. The molecule has 2 aliphatic heterocycles. The minimum Gasteiger partial charge on any atom is -0.361 e. The normalized spacial score (nSPS) is 21.4. The van der Waals surface area contributed by atoms with Crippen LogP contribution in [0.5, 0.6) is 0 Å². The molecule has 146 valence electrons. The third-order valence-electron chi connectivity index (χ3n) is 6.00. The second-order valence-corrected chi connectivity index (χ2v) is 7.83. The van der Waals surface area contributed by atoms with E-state index in [1.165, 1.54) is 48.8 Å². The van der Waals surface area contributed by atoms with Gasteiger partial charge in [0.05, 0.1) is 0 Å². The van der Waals surface area contributed by atoms with Gasteiger partial charge in [-0.15, -0.1) is 0 Å². The summed E-state index contributed by atoms with van der Waals surface area (Å²) in [6.45, 7) is 8.83. The Morgan fingerprint density at radius 1 is 1.22 bits per heavy atom. The van der Waals surface area contributed by atoms with E-state index in [0.29, 0.717) is 0 Å². The van der Waals surface area contributed by atoms with Crippen LogP contribution in [-0.4, -0.2) is 66.1 Å². The van der Waals surface area contributed by atoms with Gasteiger partial charge >= 0.3 is 0 Å². The van der Waals surface area contributed by atoms with Crippen LogP contribution in [0.25, 0.3) is 10.9 Å². The maximum absolute atomic E-state index is 4.94. The highest BCUT2D eigenvalue weighted by Gasteiger charge is 2.30. The van der Waals surface area contributed by atoms with Crippen molar-refractivity contribution in [3.8, 4) is 0 Å². The summed E-state index contributed by atoms with van der Waals surface area (Å²) in [6.07, 6.45) is 8.33. The molecule has 2 saturated heterocycles. The summed E-state index contributed by atoms with van der Waals surface area (Å²) < 4.78 is 0. The van der Waals surface area contributed by atoms with Crippen molar-refractivity contribution in [2.45, 2.75) is 45.1 Å². The van der Waals surface area contributed by atoms with Crippen LogP contribution in [0.4, 0.5) is 0 Å². The molecule has 2 N–H and O–H groups in total. The van der Waals surface area contributed by atoms with Crippen LogP contribution < -0.4 is 5.32 Å². The van der Waals surface area contributed by atoms with Crippen LogP contribution >= 0.6 is 0 Å². The van der Waals surface area contributed by atoms with E-state index >= 15 is 0 Å². The lowest BCUT2D eigenvalue weighted by molar-refractivity contribution is 0.249. The molecule has 1 aromatic heterocycles. The highest BCUT2D eigenvalue weighted by atomic mass is 15.3. The molecule has 3 heterocycles. The summed E-state index contributed by atoms with van der Waals surface area (Å²) in [5, 5.41) is 4.86. The summed E-state index contributed by atoms with van der Waals surface area (Å²) in [6, 6.07) is 9.27. The summed E-state index contributed by atoms with van der Waals surface area (Å²) in [5.41, 5.74) is 2.63. The van der Waals surface area contributed by atoms with Crippen LogP contribution in [0, 0.1) is 0 Å². The van der Waals surface area contributed by atoms with Crippen LogP contribution in [0.1, 0.15) is 38.2 Å². The molecular weight excluding hydrogens is 334 g/mol.